The molecule has 0 radical (unpaired) electrons. The lowest BCUT2D eigenvalue weighted by atomic mass is 10.1. The molecule has 1 N–H and O–H groups in total. The highest BCUT2D eigenvalue weighted by Gasteiger charge is 2.19. The zero-order chi connectivity index (χ0) is 13.8. The third-order valence-electron chi connectivity index (χ3n) is 3.01. The molecule has 0 aromatic carbocycles. The first-order valence-corrected chi connectivity index (χ1v) is 7.16. The summed E-state index contributed by atoms with van der Waals surface area (Å²) in [6.45, 7) is 4.56. The van der Waals surface area contributed by atoms with Crippen LogP contribution in [0.15, 0.2) is 0 Å². The Balaban J connectivity index is 3.92. The van der Waals surface area contributed by atoms with Crippen molar-refractivity contribution in [2.24, 2.45) is 0 Å². The molecule has 0 bridgehead atoms. The summed E-state index contributed by atoms with van der Waals surface area (Å²) in [7, 11) is 0. The van der Waals surface area contributed by atoms with Crippen LogP contribution in [-0.2, 0) is 4.79 Å². The smallest absolute Gasteiger partial charge is 0.414 e. The summed E-state index contributed by atoms with van der Waals surface area (Å²) in [6.07, 6.45) is 7.26. The quantitative estimate of drug-likeness (QED) is 0.601. The minimum Gasteiger partial charge on any atom is -0.465 e. The van der Waals surface area contributed by atoms with E-state index in [2.05, 4.69) is 13.8 Å². The van der Waals surface area contributed by atoms with Gasteiger partial charge in [-0.1, -0.05) is 52.4 Å². The van der Waals surface area contributed by atoms with Crippen molar-refractivity contribution in [2.45, 2.75) is 71.6 Å². The van der Waals surface area contributed by atoms with Crippen LogP contribution in [0.25, 0.3) is 0 Å². The zero-order valence-corrected chi connectivity index (χ0v) is 11.8. The summed E-state index contributed by atoms with van der Waals surface area (Å²) in [5, 5.41) is 9.01. The minimum atomic E-state index is -1.10. The molecule has 0 aliphatic rings. The predicted octanol–water partition coefficient (Wildman–Crippen LogP) is 4.04. The van der Waals surface area contributed by atoms with Crippen LogP contribution in [0.4, 0.5) is 4.79 Å². The van der Waals surface area contributed by atoms with E-state index < -0.39 is 6.09 Å². The van der Waals surface area contributed by atoms with Gasteiger partial charge in [-0.3, -0.25) is 4.79 Å². The SMILES string of the molecule is CCCCCCC(=O)N(CCCCCC)C(=O)O. The molecule has 0 spiro atoms. The molecule has 0 saturated carbocycles. The van der Waals surface area contributed by atoms with Gasteiger partial charge in [0.1, 0.15) is 0 Å². The second kappa shape index (κ2) is 11.1. The van der Waals surface area contributed by atoms with Gasteiger partial charge in [-0.25, -0.2) is 9.69 Å². The molecule has 18 heavy (non-hydrogen) atoms. The number of imide groups is 1. The molecule has 0 heterocycles. The molecular formula is C14H27NO3. The van der Waals surface area contributed by atoms with E-state index in [4.69, 9.17) is 5.11 Å². The first kappa shape index (κ1) is 16.9. The summed E-state index contributed by atoms with van der Waals surface area (Å²) in [4.78, 5) is 23.7. The average molecular weight is 257 g/mol. The van der Waals surface area contributed by atoms with Crippen LogP contribution in [0.3, 0.4) is 0 Å². The lowest BCUT2D eigenvalue weighted by molar-refractivity contribution is -0.129. The Morgan fingerprint density at radius 3 is 1.94 bits per heavy atom. The van der Waals surface area contributed by atoms with Crippen molar-refractivity contribution >= 4 is 12.0 Å². The zero-order valence-electron chi connectivity index (χ0n) is 11.8. The standard InChI is InChI=1S/C14H27NO3/c1-3-5-7-9-11-13(16)15(14(17)18)12-10-8-6-4-2/h3-12H2,1-2H3,(H,17,18). The number of amides is 2. The second-order valence-electron chi connectivity index (χ2n) is 4.70. The molecule has 0 rings (SSSR count). The monoisotopic (exact) mass is 257 g/mol. The second-order valence-corrected chi connectivity index (χ2v) is 4.70. The highest BCUT2D eigenvalue weighted by atomic mass is 16.4. The lowest BCUT2D eigenvalue weighted by Gasteiger charge is -2.17. The van der Waals surface area contributed by atoms with Crippen molar-refractivity contribution in [3.63, 3.8) is 0 Å². The number of carbonyl (C=O) groups excluding carboxylic acids is 1. The van der Waals surface area contributed by atoms with Gasteiger partial charge in [0.05, 0.1) is 0 Å². The first-order valence-electron chi connectivity index (χ1n) is 7.16. The molecule has 0 aromatic rings. The maximum absolute atomic E-state index is 11.8. The van der Waals surface area contributed by atoms with E-state index in [1.807, 2.05) is 0 Å². The summed E-state index contributed by atoms with van der Waals surface area (Å²) in [5.74, 6) is -0.241. The van der Waals surface area contributed by atoms with Gasteiger partial charge in [-0.2, -0.15) is 0 Å². The number of unbranched alkanes of at least 4 members (excludes halogenated alkanes) is 6. The van der Waals surface area contributed by atoms with Crippen molar-refractivity contribution in [2.75, 3.05) is 6.54 Å². The van der Waals surface area contributed by atoms with Crippen molar-refractivity contribution in [3.05, 3.63) is 0 Å². The molecule has 4 heteroatoms. The van der Waals surface area contributed by atoms with Crippen molar-refractivity contribution in [1.29, 1.82) is 0 Å². The Labute approximate surface area is 110 Å². The van der Waals surface area contributed by atoms with E-state index in [0.717, 1.165) is 56.3 Å². The summed E-state index contributed by atoms with van der Waals surface area (Å²) < 4.78 is 0. The Bertz CT molecular complexity index is 241. The highest BCUT2D eigenvalue weighted by molar-refractivity contribution is 5.90. The van der Waals surface area contributed by atoms with Crippen LogP contribution >= 0.6 is 0 Å². The third kappa shape index (κ3) is 8.09. The first-order chi connectivity index (χ1) is 8.63. The van der Waals surface area contributed by atoms with Crippen LogP contribution in [0.1, 0.15) is 71.6 Å². The predicted molar refractivity (Wildman–Crippen MR) is 72.6 cm³/mol. The van der Waals surface area contributed by atoms with Gasteiger partial charge >= 0.3 is 6.09 Å². The van der Waals surface area contributed by atoms with E-state index in [0.29, 0.717) is 13.0 Å². The van der Waals surface area contributed by atoms with Crippen LogP contribution < -0.4 is 0 Å². The molecule has 0 aliphatic heterocycles. The molecule has 0 saturated heterocycles. The molecular weight excluding hydrogens is 230 g/mol. The summed E-state index contributed by atoms with van der Waals surface area (Å²) in [5.41, 5.74) is 0. The van der Waals surface area contributed by atoms with E-state index in [1.54, 1.807) is 0 Å². The Morgan fingerprint density at radius 2 is 1.44 bits per heavy atom. The fraction of sp³-hybridized carbons (Fsp3) is 0.857. The van der Waals surface area contributed by atoms with Gasteiger partial charge in [0.2, 0.25) is 5.91 Å². The molecule has 4 nitrogen and oxygen atoms in total. The molecule has 106 valence electrons. The van der Waals surface area contributed by atoms with Gasteiger partial charge in [-0.05, 0) is 12.8 Å². The molecule has 0 fully saturated rings. The van der Waals surface area contributed by atoms with Gasteiger partial charge in [0.15, 0.2) is 0 Å². The van der Waals surface area contributed by atoms with E-state index in [-0.39, 0.29) is 5.91 Å². The van der Waals surface area contributed by atoms with Gasteiger partial charge < -0.3 is 5.11 Å². The number of hydrogen-bond donors (Lipinski definition) is 1. The Morgan fingerprint density at radius 1 is 0.889 bits per heavy atom. The highest BCUT2D eigenvalue weighted by Crippen LogP contribution is 2.08. The van der Waals surface area contributed by atoms with Crippen LogP contribution in [0, 0.1) is 0 Å². The number of carboxylic acid groups (broad SMARTS) is 1. The lowest BCUT2D eigenvalue weighted by Crippen LogP contribution is -2.36. The molecule has 0 atom stereocenters. The summed E-state index contributed by atoms with van der Waals surface area (Å²) in [6, 6.07) is 0. The molecule has 0 unspecified atom stereocenters. The van der Waals surface area contributed by atoms with E-state index in [1.165, 1.54) is 0 Å². The van der Waals surface area contributed by atoms with E-state index >= 15 is 0 Å². The van der Waals surface area contributed by atoms with Crippen molar-refractivity contribution < 1.29 is 14.7 Å². The minimum absolute atomic E-state index is 0.241. The largest absolute Gasteiger partial charge is 0.465 e. The van der Waals surface area contributed by atoms with Crippen LogP contribution in [0.2, 0.25) is 0 Å². The summed E-state index contributed by atoms with van der Waals surface area (Å²) >= 11 is 0. The molecule has 0 aliphatic carbocycles. The fourth-order valence-corrected chi connectivity index (χ4v) is 1.86. The van der Waals surface area contributed by atoms with Crippen molar-refractivity contribution in [3.8, 4) is 0 Å². The van der Waals surface area contributed by atoms with Crippen LogP contribution in [-0.4, -0.2) is 28.6 Å². The Hall–Kier alpha value is -1.06. The van der Waals surface area contributed by atoms with Gasteiger partial charge in [0, 0.05) is 13.0 Å². The van der Waals surface area contributed by atoms with E-state index in [9.17, 15) is 9.59 Å². The topological polar surface area (TPSA) is 57.6 Å². The third-order valence-corrected chi connectivity index (χ3v) is 3.01. The van der Waals surface area contributed by atoms with Crippen LogP contribution in [0.5, 0.6) is 0 Å². The molecule has 2 amide bonds. The number of hydrogen-bond acceptors (Lipinski definition) is 2. The average Bonchev–Trinajstić information content (AvgIpc) is 2.34. The van der Waals surface area contributed by atoms with Gasteiger partial charge in [-0.15, -0.1) is 0 Å². The number of nitrogens with zero attached hydrogens (tertiary/aromatic N) is 1. The Kier molecular flexibility index (Phi) is 10.4. The maximum atomic E-state index is 11.8. The number of rotatable bonds is 10. The normalized spacial score (nSPS) is 10.3. The fourth-order valence-electron chi connectivity index (χ4n) is 1.86. The number of carbonyl (C=O) groups is 2. The van der Waals surface area contributed by atoms with Gasteiger partial charge in [0.25, 0.3) is 0 Å². The molecule has 0 aromatic heterocycles. The maximum Gasteiger partial charge on any atom is 0.414 e. The van der Waals surface area contributed by atoms with Crippen molar-refractivity contribution in [1.82, 2.24) is 4.90 Å².